The molecule has 1 N–H and O–H groups in total. The molecule has 0 bridgehead atoms. The quantitative estimate of drug-likeness (QED) is 0.853. The number of anilines is 1. The number of hydrogen-bond donors (Lipinski definition) is 1. The summed E-state index contributed by atoms with van der Waals surface area (Å²) in [4.78, 5) is 13.0. The molecular formula is C8H11ClN4OS. The highest BCUT2D eigenvalue weighted by Gasteiger charge is 2.23. The van der Waals surface area contributed by atoms with Crippen molar-refractivity contribution in [3.63, 3.8) is 0 Å². The van der Waals surface area contributed by atoms with Gasteiger partial charge < -0.3 is 10.2 Å². The Morgan fingerprint density at radius 2 is 2.40 bits per heavy atom. The maximum absolute atomic E-state index is 11.3. The smallest absolute Gasteiger partial charge is 0.222 e. The Hall–Kier alpha value is -0.880. The molecule has 1 aliphatic rings. The van der Waals surface area contributed by atoms with Crippen LogP contribution in [0.3, 0.4) is 0 Å². The van der Waals surface area contributed by atoms with Crippen molar-refractivity contribution in [2.24, 2.45) is 0 Å². The van der Waals surface area contributed by atoms with Gasteiger partial charge in [-0.05, 0) is 6.42 Å². The summed E-state index contributed by atoms with van der Waals surface area (Å²) < 4.78 is 7.91. The number of aromatic nitrogens is 2. The summed E-state index contributed by atoms with van der Waals surface area (Å²) in [6.07, 6.45) is 1.39. The van der Waals surface area contributed by atoms with Gasteiger partial charge in [0.2, 0.25) is 5.91 Å². The molecule has 1 saturated heterocycles. The Morgan fingerprint density at radius 1 is 1.60 bits per heavy atom. The fraction of sp³-hybridized carbons (Fsp3) is 0.625. The van der Waals surface area contributed by atoms with Crippen LogP contribution in [-0.2, 0) is 4.79 Å². The van der Waals surface area contributed by atoms with Crippen molar-refractivity contribution in [3.05, 3.63) is 5.15 Å². The molecule has 15 heavy (non-hydrogen) atoms. The second-order valence-corrected chi connectivity index (χ2v) is 4.44. The van der Waals surface area contributed by atoms with Crippen LogP contribution in [0, 0.1) is 0 Å². The number of nitrogens with zero attached hydrogens (tertiary/aromatic N) is 3. The van der Waals surface area contributed by atoms with Gasteiger partial charge in [0.05, 0.1) is 11.7 Å². The second-order valence-electron chi connectivity index (χ2n) is 3.56. The van der Waals surface area contributed by atoms with Gasteiger partial charge in [0, 0.05) is 26.1 Å². The first-order valence-corrected chi connectivity index (χ1v) is 5.76. The average Bonchev–Trinajstić information content (AvgIpc) is 2.59. The summed E-state index contributed by atoms with van der Waals surface area (Å²) in [5.74, 6) is 0.810. The normalized spacial score (nSPS) is 21.9. The molecule has 1 unspecified atom stereocenters. The van der Waals surface area contributed by atoms with E-state index in [-0.39, 0.29) is 11.9 Å². The van der Waals surface area contributed by atoms with E-state index in [0.717, 1.165) is 18.1 Å². The van der Waals surface area contributed by atoms with Gasteiger partial charge in [-0.2, -0.15) is 8.75 Å². The minimum atomic E-state index is 0.190. The topological polar surface area (TPSA) is 58.1 Å². The summed E-state index contributed by atoms with van der Waals surface area (Å²) in [6.45, 7) is 0.687. The number of likely N-dealkylation sites (tertiary alicyclic amines) is 1. The summed E-state index contributed by atoms with van der Waals surface area (Å²) in [6, 6.07) is 0.217. The molecule has 1 fully saturated rings. The maximum atomic E-state index is 11.3. The molecule has 1 aromatic rings. The first-order valence-electron chi connectivity index (χ1n) is 4.65. The predicted molar refractivity (Wildman–Crippen MR) is 59.2 cm³/mol. The molecule has 5 nitrogen and oxygen atoms in total. The van der Waals surface area contributed by atoms with E-state index < -0.39 is 0 Å². The highest BCUT2D eigenvalue weighted by molar-refractivity contribution is 6.99. The third kappa shape index (κ3) is 2.38. The van der Waals surface area contributed by atoms with Gasteiger partial charge in [0.25, 0.3) is 0 Å². The molecule has 0 aliphatic carbocycles. The van der Waals surface area contributed by atoms with Crippen LogP contribution in [0.1, 0.15) is 12.8 Å². The van der Waals surface area contributed by atoms with Crippen LogP contribution in [0.5, 0.6) is 0 Å². The third-order valence-electron chi connectivity index (χ3n) is 2.42. The largest absolute Gasteiger partial charge is 0.362 e. The van der Waals surface area contributed by atoms with Gasteiger partial charge in [0.1, 0.15) is 0 Å². The van der Waals surface area contributed by atoms with E-state index in [1.165, 1.54) is 0 Å². The van der Waals surface area contributed by atoms with Crippen molar-refractivity contribution in [2.75, 3.05) is 18.9 Å². The van der Waals surface area contributed by atoms with E-state index in [1.807, 2.05) is 0 Å². The number of likely N-dealkylation sites (N-methyl/N-ethyl adjacent to an activating group) is 1. The molecule has 1 aliphatic heterocycles. The van der Waals surface area contributed by atoms with Crippen molar-refractivity contribution in [1.29, 1.82) is 0 Å². The maximum Gasteiger partial charge on any atom is 0.222 e. The minimum Gasteiger partial charge on any atom is -0.362 e. The van der Waals surface area contributed by atoms with E-state index in [1.54, 1.807) is 11.9 Å². The molecule has 2 heterocycles. The van der Waals surface area contributed by atoms with Gasteiger partial charge >= 0.3 is 0 Å². The lowest BCUT2D eigenvalue weighted by Gasteiger charge is -2.30. The Labute approximate surface area is 96.8 Å². The van der Waals surface area contributed by atoms with Gasteiger partial charge in [-0.3, -0.25) is 4.79 Å². The van der Waals surface area contributed by atoms with Crippen molar-refractivity contribution in [2.45, 2.75) is 18.9 Å². The summed E-state index contributed by atoms with van der Waals surface area (Å²) in [5, 5.41) is 3.59. The lowest BCUT2D eigenvalue weighted by molar-refractivity contribution is -0.132. The number of carbonyl (C=O) groups excluding carboxylic acids is 1. The highest BCUT2D eigenvalue weighted by Crippen LogP contribution is 2.21. The lowest BCUT2D eigenvalue weighted by atomic mass is 10.1. The van der Waals surface area contributed by atoms with E-state index in [0.29, 0.717) is 23.9 Å². The Bertz CT molecular complexity index is 369. The number of piperidine rings is 1. The first kappa shape index (κ1) is 10.6. The number of halogens is 1. The molecule has 0 spiro atoms. The Morgan fingerprint density at radius 3 is 3.00 bits per heavy atom. The van der Waals surface area contributed by atoms with Crippen molar-refractivity contribution in [1.82, 2.24) is 13.6 Å². The number of amides is 1. The van der Waals surface area contributed by atoms with Crippen molar-refractivity contribution in [3.8, 4) is 0 Å². The molecule has 0 radical (unpaired) electrons. The van der Waals surface area contributed by atoms with Gasteiger partial charge in [0.15, 0.2) is 11.0 Å². The Balaban J connectivity index is 1.96. The van der Waals surface area contributed by atoms with Crippen LogP contribution in [0.4, 0.5) is 5.82 Å². The van der Waals surface area contributed by atoms with E-state index in [4.69, 9.17) is 11.6 Å². The molecule has 7 heteroatoms. The molecule has 82 valence electrons. The van der Waals surface area contributed by atoms with Gasteiger partial charge in [-0.15, -0.1) is 0 Å². The Kier molecular flexibility index (Phi) is 3.06. The monoisotopic (exact) mass is 246 g/mol. The zero-order valence-electron chi connectivity index (χ0n) is 8.23. The molecule has 2 rings (SSSR count). The molecule has 0 aromatic carbocycles. The van der Waals surface area contributed by atoms with Gasteiger partial charge in [-0.25, -0.2) is 0 Å². The number of rotatable bonds is 2. The standard InChI is InChI=1S/C8H11ClN4OS/c1-13-4-5(2-3-6(13)14)10-8-7(9)11-15-12-8/h5H,2-4H2,1H3,(H,10,12). The first-order chi connectivity index (χ1) is 7.16. The average molecular weight is 247 g/mol. The summed E-state index contributed by atoms with van der Waals surface area (Å²) >= 11 is 6.90. The summed E-state index contributed by atoms with van der Waals surface area (Å²) in [7, 11) is 1.80. The summed E-state index contributed by atoms with van der Waals surface area (Å²) in [5.41, 5.74) is 0. The number of nitrogens with one attached hydrogen (secondary N) is 1. The number of carbonyl (C=O) groups is 1. The zero-order chi connectivity index (χ0) is 10.8. The highest BCUT2D eigenvalue weighted by atomic mass is 35.5. The van der Waals surface area contributed by atoms with Crippen LogP contribution >= 0.6 is 23.3 Å². The zero-order valence-corrected chi connectivity index (χ0v) is 9.81. The molecule has 1 amide bonds. The van der Waals surface area contributed by atoms with Crippen LogP contribution in [-0.4, -0.2) is 39.2 Å². The fourth-order valence-electron chi connectivity index (χ4n) is 1.59. The second kappa shape index (κ2) is 4.32. The van der Waals surface area contributed by atoms with Crippen LogP contribution in [0.2, 0.25) is 5.15 Å². The van der Waals surface area contributed by atoms with E-state index >= 15 is 0 Å². The van der Waals surface area contributed by atoms with Gasteiger partial charge in [-0.1, -0.05) is 11.6 Å². The predicted octanol–water partition coefficient (Wildman–Crippen LogP) is 1.22. The van der Waals surface area contributed by atoms with Crippen LogP contribution in [0.15, 0.2) is 0 Å². The minimum absolute atomic E-state index is 0.190. The van der Waals surface area contributed by atoms with Crippen molar-refractivity contribution < 1.29 is 4.79 Å². The SMILES string of the molecule is CN1CC(Nc2nsnc2Cl)CCC1=O. The third-order valence-corrected chi connectivity index (χ3v) is 3.31. The molecule has 0 saturated carbocycles. The van der Waals surface area contributed by atoms with E-state index in [2.05, 4.69) is 14.1 Å². The lowest BCUT2D eigenvalue weighted by Crippen LogP contribution is -2.43. The van der Waals surface area contributed by atoms with E-state index in [9.17, 15) is 4.79 Å². The fourth-order valence-corrected chi connectivity index (χ4v) is 2.25. The molecular weight excluding hydrogens is 236 g/mol. The van der Waals surface area contributed by atoms with Crippen LogP contribution in [0.25, 0.3) is 0 Å². The van der Waals surface area contributed by atoms with Crippen LogP contribution < -0.4 is 5.32 Å². The number of hydrogen-bond acceptors (Lipinski definition) is 5. The van der Waals surface area contributed by atoms with Crippen molar-refractivity contribution >= 4 is 35.1 Å². The molecule has 1 atom stereocenters. The molecule has 1 aromatic heterocycles.